The van der Waals surface area contributed by atoms with Gasteiger partial charge >= 0.3 is 0 Å². The van der Waals surface area contributed by atoms with Crippen molar-refractivity contribution in [3.8, 4) is 0 Å². The summed E-state index contributed by atoms with van der Waals surface area (Å²) in [6, 6.07) is 0. The fraction of sp³-hybridized carbons (Fsp3) is 0.714. The molecule has 0 aliphatic heterocycles. The van der Waals surface area contributed by atoms with Crippen LogP contribution in [0.2, 0.25) is 0 Å². The summed E-state index contributed by atoms with van der Waals surface area (Å²) in [5.74, 6) is 0. The summed E-state index contributed by atoms with van der Waals surface area (Å²) in [6.45, 7) is 6.19. The van der Waals surface area contributed by atoms with Crippen LogP contribution in [-0.4, -0.2) is 6.17 Å². The summed E-state index contributed by atoms with van der Waals surface area (Å²) >= 11 is 0. The van der Waals surface area contributed by atoms with E-state index in [2.05, 4.69) is 20.8 Å². The first-order valence-corrected chi connectivity index (χ1v) is 3.18. The normalized spacial score (nSPS) is 10.0. The molecular weight excluding hydrogens is 112 g/mol. The second kappa shape index (κ2) is 3.64. The summed E-state index contributed by atoms with van der Waals surface area (Å²) in [4.78, 5) is 0. The molecule has 0 spiro atoms. The zero-order valence-electron chi connectivity index (χ0n) is 6.44. The molecule has 9 heavy (non-hydrogen) atoms. The Morgan fingerprint density at radius 3 is 1.78 bits per heavy atom. The molecule has 0 radical (unpaired) electrons. The van der Waals surface area contributed by atoms with E-state index in [1.54, 1.807) is 0 Å². The summed E-state index contributed by atoms with van der Waals surface area (Å²) in [5, 5.41) is 0. The van der Waals surface area contributed by atoms with Crippen LogP contribution < -0.4 is 11.5 Å². The smallest absolute Gasteiger partial charge is 0.0559 e. The van der Waals surface area contributed by atoms with E-state index in [9.17, 15) is 0 Å². The third-order valence-corrected chi connectivity index (χ3v) is 1.40. The van der Waals surface area contributed by atoms with Gasteiger partial charge < -0.3 is 11.5 Å². The number of hydrogen-bond acceptors (Lipinski definition) is 2. The molecule has 0 aliphatic rings. The molecule has 0 aliphatic carbocycles. The van der Waals surface area contributed by atoms with Gasteiger partial charge in [-0.2, -0.15) is 0 Å². The van der Waals surface area contributed by atoms with Gasteiger partial charge in [0.1, 0.15) is 0 Å². The van der Waals surface area contributed by atoms with E-state index in [-0.39, 0.29) is 6.17 Å². The van der Waals surface area contributed by atoms with Crippen molar-refractivity contribution in [2.45, 2.75) is 33.4 Å². The SMILES string of the molecule is CC(C)=C(C)CC(N)N. The highest BCUT2D eigenvalue weighted by atomic mass is 14.8. The van der Waals surface area contributed by atoms with Crippen molar-refractivity contribution in [3.63, 3.8) is 0 Å². The van der Waals surface area contributed by atoms with Gasteiger partial charge in [-0.25, -0.2) is 0 Å². The molecule has 0 atom stereocenters. The van der Waals surface area contributed by atoms with Gasteiger partial charge in [-0.3, -0.25) is 0 Å². The fourth-order valence-electron chi connectivity index (χ4n) is 0.558. The lowest BCUT2D eigenvalue weighted by molar-refractivity contribution is 0.693. The third-order valence-electron chi connectivity index (χ3n) is 1.40. The van der Waals surface area contributed by atoms with Crippen molar-refractivity contribution in [1.82, 2.24) is 0 Å². The van der Waals surface area contributed by atoms with Crippen LogP contribution in [-0.2, 0) is 0 Å². The van der Waals surface area contributed by atoms with Crippen LogP contribution in [0.4, 0.5) is 0 Å². The molecule has 0 heterocycles. The average molecular weight is 128 g/mol. The lowest BCUT2D eigenvalue weighted by atomic mass is 10.1. The van der Waals surface area contributed by atoms with E-state index in [0.29, 0.717) is 0 Å². The van der Waals surface area contributed by atoms with Crippen LogP contribution in [0.15, 0.2) is 11.1 Å². The summed E-state index contributed by atoms with van der Waals surface area (Å²) in [5.41, 5.74) is 13.4. The van der Waals surface area contributed by atoms with Gasteiger partial charge in [-0.1, -0.05) is 11.1 Å². The Balaban J connectivity index is 3.77. The van der Waals surface area contributed by atoms with Crippen molar-refractivity contribution in [3.05, 3.63) is 11.1 Å². The highest BCUT2D eigenvalue weighted by molar-refractivity contribution is 5.07. The number of hydrogen-bond donors (Lipinski definition) is 2. The molecule has 0 rings (SSSR count). The molecular formula is C7H16N2. The quantitative estimate of drug-likeness (QED) is 0.430. The van der Waals surface area contributed by atoms with Crippen LogP contribution in [0.1, 0.15) is 27.2 Å². The zero-order chi connectivity index (χ0) is 7.44. The van der Waals surface area contributed by atoms with Gasteiger partial charge in [0.05, 0.1) is 6.17 Å². The minimum Gasteiger partial charge on any atom is -0.316 e. The minimum absolute atomic E-state index is 0.195. The largest absolute Gasteiger partial charge is 0.316 e. The molecule has 0 aromatic rings. The van der Waals surface area contributed by atoms with Gasteiger partial charge in [0.25, 0.3) is 0 Å². The van der Waals surface area contributed by atoms with Crippen LogP contribution in [0.5, 0.6) is 0 Å². The molecule has 4 N–H and O–H groups in total. The van der Waals surface area contributed by atoms with Gasteiger partial charge in [-0.05, 0) is 27.2 Å². The molecule has 0 bridgehead atoms. The highest BCUT2D eigenvalue weighted by Crippen LogP contribution is 2.05. The van der Waals surface area contributed by atoms with E-state index in [1.807, 2.05) is 0 Å². The Bertz CT molecular complexity index is 110. The molecule has 2 nitrogen and oxygen atoms in total. The van der Waals surface area contributed by atoms with Crippen molar-refractivity contribution in [1.29, 1.82) is 0 Å². The summed E-state index contributed by atoms with van der Waals surface area (Å²) < 4.78 is 0. The molecule has 0 unspecified atom stereocenters. The minimum atomic E-state index is -0.195. The van der Waals surface area contributed by atoms with Crippen molar-refractivity contribution in [2.75, 3.05) is 0 Å². The fourth-order valence-corrected chi connectivity index (χ4v) is 0.558. The molecule has 0 saturated carbocycles. The lowest BCUT2D eigenvalue weighted by Crippen LogP contribution is -2.30. The van der Waals surface area contributed by atoms with Gasteiger partial charge in [0, 0.05) is 0 Å². The average Bonchev–Trinajstić information content (AvgIpc) is 1.63. The van der Waals surface area contributed by atoms with Gasteiger partial charge in [-0.15, -0.1) is 0 Å². The third kappa shape index (κ3) is 4.18. The maximum Gasteiger partial charge on any atom is 0.0559 e. The predicted octanol–water partition coefficient (Wildman–Crippen LogP) is 0.976. The maximum atomic E-state index is 5.37. The molecule has 0 saturated heterocycles. The first-order valence-electron chi connectivity index (χ1n) is 3.18. The number of allylic oxidation sites excluding steroid dienone is 1. The molecule has 0 aromatic heterocycles. The van der Waals surface area contributed by atoms with Gasteiger partial charge in [0.15, 0.2) is 0 Å². The predicted molar refractivity (Wildman–Crippen MR) is 40.8 cm³/mol. The maximum absolute atomic E-state index is 5.37. The van der Waals surface area contributed by atoms with Crippen LogP contribution in [0.25, 0.3) is 0 Å². The zero-order valence-corrected chi connectivity index (χ0v) is 6.44. The van der Waals surface area contributed by atoms with E-state index in [1.165, 1.54) is 11.1 Å². The molecule has 2 heteroatoms. The van der Waals surface area contributed by atoms with Crippen molar-refractivity contribution >= 4 is 0 Å². The van der Waals surface area contributed by atoms with Gasteiger partial charge in [0.2, 0.25) is 0 Å². The standard InChI is InChI=1S/C7H16N2/c1-5(2)6(3)4-7(8)9/h7H,4,8-9H2,1-3H3. The molecule has 0 fully saturated rings. The number of rotatable bonds is 2. The van der Waals surface area contributed by atoms with Crippen LogP contribution in [0, 0.1) is 0 Å². The van der Waals surface area contributed by atoms with E-state index in [4.69, 9.17) is 11.5 Å². The summed E-state index contributed by atoms with van der Waals surface area (Å²) in [7, 11) is 0. The Morgan fingerprint density at radius 1 is 1.22 bits per heavy atom. The monoisotopic (exact) mass is 128 g/mol. The number of nitrogens with two attached hydrogens (primary N) is 2. The van der Waals surface area contributed by atoms with Crippen molar-refractivity contribution < 1.29 is 0 Å². The van der Waals surface area contributed by atoms with E-state index >= 15 is 0 Å². The molecule has 0 aromatic carbocycles. The first kappa shape index (κ1) is 8.66. The Morgan fingerprint density at radius 2 is 1.67 bits per heavy atom. The lowest BCUT2D eigenvalue weighted by Gasteiger charge is -2.06. The van der Waals surface area contributed by atoms with E-state index in [0.717, 1.165) is 6.42 Å². The second-order valence-electron chi connectivity index (χ2n) is 2.65. The van der Waals surface area contributed by atoms with Crippen molar-refractivity contribution in [2.24, 2.45) is 11.5 Å². The Labute approximate surface area is 56.9 Å². The Kier molecular flexibility index (Phi) is 3.50. The topological polar surface area (TPSA) is 52.0 Å². The Hall–Kier alpha value is -0.340. The second-order valence-corrected chi connectivity index (χ2v) is 2.65. The molecule has 54 valence electrons. The molecule has 0 amide bonds. The highest BCUT2D eigenvalue weighted by Gasteiger charge is 1.96. The summed E-state index contributed by atoms with van der Waals surface area (Å²) in [6.07, 6.45) is 0.613. The van der Waals surface area contributed by atoms with Crippen LogP contribution in [0.3, 0.4) is 0 Å². The first-order chi connectivity index (χ1) is 4.04. The van der Waals surface area contributed by atoms with Crippen LogP contribution >= 0.6 is 0 Å². The van der Waals surface area contributed by atoms with E-state index < -0.39 is 0 Å².